The van der Waals surface area contributed by atoms with Crippen LogP contribution in [0.15, 0.2) is 55.0 Å². The van der Waals surface area contributed by atoms with Gasteiger partial charge in [-0.2, -0.15) is 5.10 Å². The van der Waals surface area contributed by atoms with Gasteiger partial charge in [0.1, 0.15) is 17.9 Å². The second-order valence-electron chi connectivity index (χ2n) is 5.69. The molecule has 0 aliphatic carbocycles. The molecule has 0 fully saturated rings. The number of rotatable bonds is 5. The maximum absolute atomic E-state index is 6.32. The fourth-order valence-electron chi connectivity index (χ4n) is 2.71. The molecule has 1 N–H and O–H groups in total. The number of ether oxygens (including phenoxy) is 1. The molecule has 4 rings (SSSR count). The van der Waals surface area contributed by atoms with Gasteiger partial charge in [0.2, 0.25) is 0 Å². The summed E-state index contributed by atoms with van der Waals surface area (Å²) in [4.78, 5) is 8.70. The molecule has 0 bridgehead atoms. The van der Waals surface area contributed by atoms with Crippen molar-refractivity contribution < 1.29 is 4.74 Å². The van der Waals surface area contributed by atoms with E-state index in [0.29, 0.717) is 33.8 Å². The third kappa shape index (κ3) is 3.54. The third-order valence-electron chi connectivity index (χ3n) is 3.93. The normalized spacial score (nSPS) is 10.9. The van der Waals surface area contributed by atoms with Gasteiger partial charge in [-0.25, -0.2) is 14.6 Å². The molecule has 0 saturated heterocycles. The summed E-state index contributed by atoms with van der Waals surface area (Å²) in [6, 6.07) is 12.9. The van der Waals surface area contributed by atoms with E-state index in [1.54, 1.807) is 29.1 Å². The minimum atomic E-state index is 0.493. The van der Waals surface area contributed by atoms with Gasteiger partial charge in [-0.1, -0.05) is 23.2 Å². The predicted octanol–water partition coefficient (Wildman–Crippen LogP) is 5.26. The maximum Gasteiger partial charge on any atom is 0.168 e. The summed E-state index contributed by atoms with van der Waals surface area (Å²) in [6.07, 6.45) is 3.19. The largest absolute Gasteiger partial charge is 0.494 e. The standard InChI is InChI=1S/C19H15Cl2N5O/c1-2-27-14-6-4-13(5-7-14)25-18-15-10-24-26(19(15)23-11-22-18)17-8-3-12(20)9-16(17)21/h3-11H,2H2,1H3,(H,22,23,25). The maximum atomic E-state index is 6.32. The van der Waals surface area contributed by atoms with Crippen LogP contribution >= 0.6 is 23.2 Å². The molecule has 2 aromatic heterocycles. The summed E-state index contributed by atoms with van der Waals surface area (Å²) in [5.41, 5.74) is 2.22. The highest BCUT2D eigenvalue weighted by Crippen LogP contribution is 2.29. The molecular formula is C19H15Cl2N5O. The van der Waals surface area contributed by atoms with Gasteiger partial charge in [0.15, 0.2) is 5.65 Å². The second kappa shape index (κ2) is 7.42. The first-order valence-electron chi connectivity index (χ1n) is 8.29. The van der Waals surface area contributed by atoms with E-state index in [2.05, 4.69) is 20.4 Å². The van der Waals surface area contributed by atoms with E-state index in [0.717, 1.165) is 16.8 Å². The van der Waals surface area contributed by atoms with Gasteiger partial charge in [0.05, 0.1) is 28.9 Å². The number of aromatic nitrogens is 4. The molecule has 0 unspecified atom stereocenters. The van der Waals surface area contributed by atoms with E-state index in [4.69, 9.17) is 27.9 Å². The summed E-state index contributed by atoms with van der Waals surface area (Å²) in [7, 11) is 0. The highest BCUT2D eigenvalue weighted by molar-refractivity contribution is 6.35. The number of nitrogens with zero attached hydrogens (tertiary/aromatic N) is 4. The summed E-state index contributed by atoms with van der Waals surface area (Å²) < 4.78 is 7.13. The van der Waals surface area contributed by atoms with Crippen LogP contribution < -0.4 is 10.1 Å². The quantitative estimate of drug-likeness (QED) is 0.495. The summed E-state index contributed by atoms with van der Waals surface area (Å²) in [5.74, 6) is 1.47. The number of fused-ring (bicyclic) bond motifs is 1. The van der Waals surface area contributed by atoms with Gasteiger partial charge in [-0.3, -0.25) is 0 Å². The monoisotopic (exact) mass is 399 g/mol. The van der Waals surface area contributed by atoms with Crippen molar-refractivity contribution in [1.29, 1.82) is 0 Å². The van der Waals surface area contributed by atoms with Crippen molar-refractivity contribution in [2.24, 2.45) is 0 Å². The van der Waals surface area contributed by atoms with Crippen molar-refractivity contribution in [1.82, 2.24) is 19.7 Å². The molecule has 136 valence electrons. The van der Waals surface area contributed by atoms with Gasteiger partial charge in [0.25, 0.3) is 0 Å². The van der Waals surface area contributed by atoms with Crippen LogP contribution in [-0.2, 0) is 0 Å². The Labute approximate surface area is 165 Å². The smallest absolute Gasteiger partial charge is 0.168 e. The van der Waals surface area contributed by atoms with Crippen molar-refractivity contribution in [3.05, 3.63) is 65.0 Å². The summed E-state index contributed by atoms with van der Waals surface area (Å²) >= 11 is 12.3. The lowest BCUT2D eigenvalue weighted by Gasteiger charge is -2.09. The number of benzene rings is 2. The Morgan fingerprint density at radius 3 is 2.63 bits per heavy atom. The molecule has 27 heavy (non-hydrogen) atoms. The number of nitrogens with one attached hydrogen (secondary N) is 1. The Morgan fingerprint density at radius 2 is 1.89 bits per heavy atom. The molecule has 0 spiro atoms. The van der Waals surface area contributed by atoms with E-state index in [1.807, 2.05) is 31.2 Å². The molecule has 0 atom stereocenters. The van der Waals surface area contributed by atoms with Crippen LogP contribution in [0.4, 0.5) is 11.5 Å². The van der Waals surface area contributed by atoms with Crippen LogP contribution in [0.25, 0.3) is 16.7 Å². The Kier molecular flexibility index (Phi) is 4.83. The molecule has 2 heterocycles. The molecule has 0 saturated carbocycles. The lowest BCUT2D eigenvalue weighted by molar-refractivity contribution is 0.340. The first kappa shape index (κ1) is 17.6. The van der Waals surface area contributed by atoms with Crippen LogP contribution in [-0.4, -0.2) is 26.4 Å². The average molecular weight is 400 g/mol. The topological polar surface area (TPSA) is 64.9 Å². The van der Waals surface area contributed by atoms with E-state index >= 15 is 0 Å². The minimum Gasteiger partial charge on any atom is -0.494 e. The van der Waals surface area contributed by atoms with E-state index in [-0.39, 0.29) is 0 Å². The van der Waals surface area contributed by atoms with E-state index in [9.17, 15) is 0 Å². The fraction of sp³-hybridized carbons (Fsp3) is 0.105. The van der Waals surface area contributed by atoms with Crippen molar-refractivity contribution in [2.45, 2.75) is 6.92 Å². The first-order chi connectivity index (χ1) is 13.2. The number of anilines is 2. The van der Waals surface area contributed by atoms with E-state index < -0.39 is 0 Å². The number of hydrogen-bond donors (Lipinski definition) is 1. The zero-order valence-corrected chi connectivity index (χ0v) is 15.9. The molecule has 2 aromatic carbocycles. The Bertz CT molecular complexity index is 1100. The zero-order chi connectivity index (χ0) is 18.8. The molecule has 0 amide bonds. The molecular weight excluding hydrogens is 385 g/mol. The lowest BCUT2D eigenvalue weighted by atomic mass is 10.3. The second-order valence-corrected chi connectivity index (χ2v) is 6.54. The van der Waals surface area contributed by atoms with Crippen LogP contribution in [0, 0.1) is 0 Å². The van der Waals surface area contributed by atoms with Crippen molar-refractivity contribution >= 4 is 45.7 Å². The summed E-state index contributed by atoms with van der Waals surface area (Å²) in [5, 5.41) is 9.54. The minimum absolute atomic E-state index is 0.493. The number of hydrogen-bond acceptors (Lipinski definition) is 5. The molecule has 0 aliphatic heterocycles. The fourth-order valence-corrected chi connectivity index (χ4v) is 3.20. The van der Waals surface area contributed by atoms with Crippen LogP contribution in [0.1, 0.15) is 6.92 Å². The van der Waals surface area contributed by atoms with E-state index in [1.165, 1.54) is 6.33 Å². The van der Waals surface area contributed by atoms with Crippen LogP contribution in [0.3, 0.4) is 0 Å². The first-order valence-corrected chi connectivity index (χ1v) is 9.05. The highest BCUT2D eigenvalue weighted by Gasteiger charge is 2.13. The molecule has 6 nitrogen and oxygen atoms in total. The van der Waals surface area contributed by atoms with Crippen molar-refractivity contribution in [3.8, 4) is 11.4 Å². The Hall–Kier alpha value is -2.83. The van der Waals surface area contributed by atoms with Crippen LogP contribution in [0.5, 0.6) is 5.75 Å². The molecule has 0 aliphatic rings. The average Bonchev–Trinajstić information content (AvgIpc) is 3.09. The third-order valence-corrected chi connectivity index (χ3v) is 4.47. The molecule has 4 aromatic rings. The van der Waals surface area contributed by atoms with Gasteiger partial charge < -0.3 is 10.1 Å². The Morgan fingerprint density at radius 1 is 1.07 bits per heavy atom. The molecule has 0 radical (unpaired) electrons. The Balaban J connectivity index is 1.70. The van der Waals surface area contributed by atoms with Crippen molar-refractivity contribution in [3.63, 3.8) is 0 Å². The highest BCUT2D eigenvalue weighted by atomic mass is 35.5. The van der Waals surface area contributed by atoms with Gasteiger partial charge in [-0.15, -0.1) is 0 Å². The van der Waals surface area contributed by atoms with Gasteiger partial charge in [0, 0.05) is 10.7 Å². The van der Waals surface area contributed by atoms with Crippen LogP contribution in [0.2, 0.25) is 10.0 Å². The molecule has 8 heteroatoms. The predicted molar refractivity (Wildman–Crippen MR) is 108 cm³/mol. The SMILES string of the molecule is CCOc1ccc(Nc2ncnc3c2cnn3-c2ccc(Cl)cc2Cl)cc1. The van der Waals surface area contributed by atoms with Crippen molar-refractivity contribution in [2.75, 3.05) is 11.9 Å². The summed E-state index contributed by atoms with van der Waals surface area (Å²) in [6.45, 7) is 2.58. The number of halogens is 2. The zero-order valence-electron chi connectivity index (χ0n) is 14.4. The van der Waals surface area contributed by atoms with Gasteiger partial charge in [-0.05, 0) is 49.4 Å². The lowest BCUT2D eigenvalue weighted by Crippen LogP contribution is -2.00. The van der Waals surface area contributed by atoms with Gasteiger partial charge >= 0.3 is 0 Å².